The van der Waals surface area contributed by atoms with Crippen molar-refractivity contribution in [2.45, 2.75) is 25.5 Å². The fourth-order valence-electron chi connectivity index (χ4n) is 2.89. The van der Waals surface area contributed by atoms with Crippen LogP contribution in [0.4, 0.5) is 5.69 Å². The zero-order valence-corrected chi connectivity index (χ0v) is 14.2. The maximum atomic E-state index is 12.3. The van der Waals surface area contributed by atoms with E-state index in [1.807, 2.05) is 54.6 Å². The number of hydrogen-bond acceptors (Lipinski definition) is 4. The summed E-state index contributed by atoms with van der Waals surface area (Å²) in [6.45, 7) is 1.87. The third-order valence-corrected chi connectivity index (χ3v) is 4.45. The molecule has 3 N–H and O–H groups in total. The third kappa shape index (κ3) is 5.05. The van der Waals surface area contributed by atoms with Gasteiger partial charge < -0.3 is 20.5 Å². The summed E-state index contributed by atoms with van der Waals surface area (Å²) < 4.78 is 11.1. The van der Waals surface area contributed by atoms with E-state index in [9.17, 15) is 4.79 Å². The Morgan fingerprint density at radius 3 is 2.48 bits per heavy atom. The number of carbonyl (C=O) groups is 1. The number of ether oxygens (including phenoxy) is 2. The van der Waals surface area contributed by atoms with Crippen molar-refractivity contribution in [3.8, 4) is 5.75 Å². The molecule has 0 spiro atoms. The van der Waals surface area contributed by atoms with E-state index >= 15 is 0 Å². The molecule has 5 nitrogen and oxygen atoms in total. The normalized spacial score (nSPS) is 16.2. The Morgan fingerprint density at radius 2 is 1.80 bits per heavy atom. The van der Waals surface area contributed by atoms with Crippen LogP contribution >= 0.6 is 0 Å². The van der Waals surface area contributed by atoms with E-state index in [0.717, 1.165) is 29.8 Å². The van der Waals surface area contributed by atoms with Gasteiger partial charge in [0.1, 0.15) is 12.4 Å². The molecule has 2 aromatic carbocycles. The zero-order valence-electron chi connectivity index (χ0n) is 14.2. The Kier molecular flexibility index (Phi) is 6.04. The van der Waals surface area contributed by atoms with Crippen LogP contribution in [-0.4, -0.2) is 25.2 Å². The Morgan fingerprint density at radius 1 is 1.12 bits per heavy atom. The van der Waals surface area contributed by atoms with Gasteiger partial charge in [-0.05, 0) is 48.6 Å². The van der Waals surface area contributed by atoms with E-state index in [-0.39, 0.29) is 11.8 Å². The molecule has 0 bridgehead atoms. The van der Waals surface area contributed by atoms with Gasteiger partial charge >= 0.3 is 0 Å². The molecule has 0 saturated carbocycles. The molecule has 1 amide bonds. The SMILES string of the molecule is NC(C(=O)Nc1ccc(OCc2ccccc2)cc1)C1CCOCC1. The average Bonchev–Trinajstić information content (AvgIpc) is 2.68. The lowest BCUT2D eigenvalue weighted by molar-refractivity contribution is -0.119. The van der Waals surface area contributed by atoms with Crippen LogP contribution in [0.3, 0.4) is 0 Å². The number of nitrogens with one attached hydrogen (secondary N) is 1. The highest BCUT2D eigenvalue weighted by atomic mass is 16.5. The number of carbonyl (C=O) groups excluding carboxylic acids is 1. The van der Waals surface area contributed by atoms with Crippen LogP contribution in [0.1, 0.15) is 18.4 Å². The number of rotatable bonds is 6. The molecular formula is C20H24N2O3. The predicted octanol–water partition coefficient (Wildman–Crippen LogP) is 2.96. The monoisotopic (exact) mass is 340 g/mol. The van der Waals surface area contributed by atoms with Crippen molar-refractivity contribution in [3.63, 3.8) is 0 Å². The lowest BCUT2D eigenvalue weighted by atomic mass is 9.92. The number of amides is 1. The molecule has 0 aromatic heterocycles. The van der Waals surface area contributed by atoms with Gasteiger partial charge in [-0.3, -0.25) is 4.79 Å². The molecule has 0 aliphatic carbocycles. The minimum atomic E-state index is -0.502. The van der Waals surface area contributed by atoms with Gasteiger partial charge in [-0.15, -0.1) is 0 Å². The summed E-state index contributed by atoms with van der Waals surface area (Å²) in [5.41, 5.74) is 7.92. The largest absolute Gasteiger partial charge is 0.489 e. The van der Waals surface area contributed by atoms with Gasteiger partial charge in [-0.2, -0.15) is 0 Å². The summed E-state index contributed by atoms with van der Waals surface area (Å²) >= 11 is 0. The minimum absolute atomic E-state index is 0.148. The van der Waals surface area contributed by atoms with Gasteiger partial charge in [-0.25, -0.2) is 0 Å². The quantitative estimate of drug-likeness (QED) is 0.848. The van der Waals surface area contributed by atoms with E-state index < -0.39 is 6.04 Å². The molecular weight excluding hydrogens is 316 g/mol. The molecule has 1 unspecified atom stereocenters. The highest BCUT2D eigenvalue weighted by molar-refractivity contribution is 5.94. The Hall–Kier alpha value is -2.37. The smallest absolute Gasteiger partial charge is 0.241 e. The second-order valence-corrected chi connectivity index (χ2v) is 6.26. The first-order valence-electron chi connectivity index (χ1n) is 8.63. The number of benzene rings is 2. The fourth-order valence-corrected chi connectivity index (χ4v) is 2.89. The molecule has 1 aliphatic rings. The van der Waals surface area contributed by atoms with Crippen LogP contribution in [0.25, 0.3) is 0 Å². The summed E-state index contributed by atoms with van der Waals surface area (Å²) in [6, 6.07) is 16.8. The standard InChI is InChI=1S/C20H24N2O3/c21-19(16-10-12-24-13-11-16)20(23)22-17-6-8-18(9-7-17)25-14-15-4-2-1-3-5-15/h1-9,16,19H,10-14,21H2,(H,22,23). The Bertz CT molecular complexity index is 667. The van der Waals surface area contributed by atoms with Gasteiger partial charge in [0.2, 0.25) is 5.91 Å². The summed E-state index contributed by atoms with van der Waals surface area (Å²) in [4.78, 5) is 12.3. The Labute approximate surface area is 148 Å². The van der Waals surface area contributed by atoms with Crippen LogP contribution in [-0.2, 0) is 16.1 Å². The fraction of sp³-hybridized carbons (Fsp3) is 0.350. The minimum Gasteiger partial charge on any atom is -0.489 e. The summed E-state index contributed by atoms with van der Waals surface area (Å²) in [7, 11) is 0. The summed E-state index contributed by atoms with van der Waals surface area (Å²) in [5.74, 6) is 0.794. The summed E-state index contributed by atoms with van der Waals surface area (Å²) in [5, 5.41) is 2.88. The van der Waals surface area contributed by atoms with E-state index in [1.165, 1.54) is 0 Å². The van der Waals surface area contributed by atoms with Gasteiger partial charge in [0.25, 0.3) is 0 Å². The van der Waals surface area contributed by atoms with Crippen LogP contribution < -0.4 is 15.8 Å². The van der Waals surface area contributed by atoms with E-state index in [1.54, 1.807) is 0 Å². The van der Waals surface area contributed by atoms with E-state index in [0.29, 0.717) is 19.8 Å². The number of hydrogen-bond donors (Lipinski definition) is 2. The van der Waals surface area contributed by atoms with Gasteiger partial charge in [0.05, 0.1) is 6.04 Å². The Balaban J connectivity index is 1.50. The van der Waals surface area contributed by atoms with Crippen molar-refractivity contribution in [2.24, 2.45) is 11.7 Å². The van der Waals surface area contributed by atoms with Crippen LogP contribution in [0.5, 0.6) is 5.75 Å². The summed E-state index contributed by atoms with van der Waals surface area (Å²) in [6.07, 6.45) is 1.67. The molecule has 1 saturated heterocycles. The van der Waals surface area contributed by atoms with E-state index in [4.69, 9.17) is 15.2 Å². The number of nitrogens with two attached hydrogens (primary N) is 1. The highest BCUT2D eigenvalue weighted by Gasteiger charge is 2.26. The first-order chi connectivity index (χ1) is 12.2. The molecule has 1 aliphatic heterocycles. The topological polar surface area (TPSA) is 73.6 Å². The lowest BCUT2D eigenvalue weighted by Gasteiger charge is -2.26. The van der Waals surface area contributed by atoms with Crippen LogP contribution in [0, 0.1) is 5.92 Å². The van der Waals surface area contributed by atoms with Crippen molar-refractivity contribution < 1.29 is 14.3 Å². The van der Waals surface area contributed by atoms with Crippen LogP contribution in [0.2, 0.25) is 0 Å². The molecule has 5 heteroatoms. The van der Waals surface area contributed by atoms with Crippen molar-refractivity contribution in [1.29, 1.82) is 0 Å². The second-order valence-electron chi connectivity index (χ2n) is 6.26. The maximum Gasteiger partial charge on any atom is 0.241 e. The molecule has 1 fully saturated rings. The molecule has 0 radical (unpaired) electrons. The highest BCUT2D eigenvalue weighted by Crippen LogP contribution is 2.20. The zero-order chi connectivity index (χ0) is 17.5. The van der Waals surface area contributed by atoms with E-state index in [2.05, 4.69) is 5.32 Å². The van der Waals surface area contributed by atoms with Gasteiger partial charge in [0, 0.05) is 18.9 Å². The van der Waals surface area contributed by atoms with Crippen molar-refractivity contribution in [1.82, 2.24) is 0 Å². The molecule has 3 rings (SSSR count). The van der Waals surface area contributed by atoms with Crippen molar-refractivity contribution in [2.75, 3.05) is 18.5 Å². The molecule has 1 heterocycles. The lowest BCUT2D eigenvalue weighted by Crippen LogP contribution is -2.43. The first-order valence-corrected chi connectivity index (χ1v) is 8.63. The maximum absolute atomic E-state index is 12.3. The molecule has 2 aromatic rings. The van der Waals surface area contributed by atoms with Crippen molar-refractivity contribution >= 4 is 11.6 Å². The molecule has 1 atom stereocenters. The molecule has 132 valence electrons. The van der Waals surface area contributed by atoms with Crippen molar-refractivity contribution in [3.05, 3.63) is 60.2 Å². The second kappa shape index (κ2) is 8.65. The third-order valence-electron chi connectivity index (χ3n) is 4.45. The van der Waals surface area contributed by atoms with Crippen LogP contribution in [0.15, 0.2) is 54.6 Å². The van der Waals surface area contributed by atoms with Gasteiger partial charge in [-0.1, -0.05) is 30.3 Å². The first kappa shape index (κ1) is 17.5. The number of anilines is 1. The average molecular weight is 340 g/mol. The predicted molar refractivity (Wildman–Crippen MR) is 97.4 cm³/mol. The van der Waals surface area contributed by atoms with Gasteiger partial charge in [0.15, 0.2) is 0 Å². The molecule has 25 heavy (non-hydrogen) atoms.